The number of pyridine rings is 2. The van der Waals surface area contributed by atoms with E-state index in [0.29, 0.717) is 17.2 Å². The minimum Gasteiger partial charge on any atom is -0.395 e. The summed E-state index contributed by atoms with van der Waals surface area (Å²) in [5, 5.41) is 12.9. The number of aromatic nitrogens is 2. The molecule has 0 bridgehead atoms. The van der Waals surface area contributed by atoms with Gasteiger partial charge in [0, 0.05) is 24.3 Å². The largest absolute Gasteiger partial charge is 0.433 e. The molecule has 1 aliphatic rings. The zero-order valence-electron chi connectivity index (χ0n) is 15.3. The van der Waals surface area contributed by atoms with E-state index >= 15 is 0 Å². The fourth-order valence-electron chi connectivity index (χ4n) is 3.63. The lowest BCUT2D eigenvalue weighted by Crippen LogP contribution is -2.40. The van der Waals surface area contributed by atoms with Gasteiger partial charge in [-0.3, -0.25) is 4.98 Å². The summed E-state index contributed by atoms with van der Waals surface area (Å²) in [5.41, 5.74) is -0.108. The first-order valence-corrected chi connectivity index (χ1v) is 9.42. The molecule has 2 N–H and O–H groups in total. The second kappa shape index (κ2) is 8.96. The second-order valence-corrected chi connectivity index (χ2v) is 7.12. The van der Waals surface area contributed by atoms with E-state index in [0.717, 1.165) is 37.9 Å². The van der Waals surface area contributed by atoms with Gasteiger partial charge in [-0.25, -0.2) is 9.37 Å². The van der Waals surface area contributed by atoms with Crippen molar-refractivity contribution in [1.29, 1.82) is 0 Å². The average Bonchev–Trinajstić information content (AvgIpc) is 2.70. The molecule has 8 heteroatoms. The number of aliphatic hydroxyl groups excluding tert-OH is 1. The standard InChI is InChI=1S/C20H23F4N3O/c21-15-7-8-16(14-6-9-19(26-10-14)20(22,23)24)27-17(15)11-25-18(12-28)13-4-2-1-3-5-13/h6-10,13,18,25,28H,1-5,11-12H2/t18-/m0/s1. The summed E-state index contributed by atoms with van der Waals surface area (Å²) in [6.45, 7) is 0.101. The van der Waals surface area contributed by atoms with Crippen molar-refractivity contribution in [3.8, 4) is 11.3 Å². The van der Waals surface area contributed by atoms with Crippen LogP contribution in [0.5, 0.6) is 0 Å². The van der Waals surface area contributed by atoms with Gasteiger partial charge in [0.2, 0.25) is 0 Å². The van der Waals surface area contributed by atoms with Crippen molar-refractivity contribution in [3.05, 3.63) is 47.7 Å². The molecule has 0 unspecified atom stereocenters. The Kier molecular flexibility index (Phi) is 6.61. The first kappa shape index (κ1) is 20.7. The van der Waals surface area contributed by atoms with E-state index in [1.807, 2.05) is 0 Å². The molecule has 3 rings (SSSR count). The number of nitrogens with zero attached hydrogens (tertiary/aromatic N) is 2. The predicted molar refractivity (Wildman–Crippen MR) is 96.7 cm³/mol. The summed E-state index contributed by atoms with van der Waals surface area (Å²) in [6, 6.07) is 4.67. The molecule has 0 spiro atoms. The number of rotatable bonds is 6. The molecule has 2 heterocycles. The summed E-state index contributed by atoms with van der Waals surface area (Å²) < 4.78 is 52.1. The number of alkyl halides is 3. The van der Waals surface area contributed by atoms with Crippen molar-refractivity contribution in [2.24, 2.45) is 5.92 Å². The van der Waals surface area contributed by atoms with E-state index in [-0.39, 0.29) is 24.9 Å². The SMILES string of the molecule is OC[C@H](NCc1nc(-c2ccc(C(F)(F)F)nc2)ccc1F)C1CCCCC1. The zero-order valence-corrected chi connectivity index (χ0v) is 15.3. The van der Waals surface area contributed by atoms with Crippen molar-refractivity contribution in [3.63, 3.8) is 0 Å². The number of hydrogen-bond acceptors (Lipinski definition) is 4. The molecule has 0 aliphatic heterocycles. The molecule has 0 saturated heterocycles. The molecule has 4 nitrogen and oxygen atoms in total. The summed E-state index contributed by atoms with van der Waals surface area (Å²) in [7, 11) is 0. The van der Waals surface area contributed by atoms with Gasteiger partial charge in [0.05, 0.1) is 18.0 Å². The Bertz CT molecular complexity index is 774. The Morgan fingerprint density at radius 1 is 1.11 bits per heavy atom. The lowest BCUT2D eigenvalue weighted by molar-refractivity contribution is -0.141. The van der Waals surface area contributed by atoms with Gasteiger partial charge >= 0.3 is 6.18 Å². The Morgan fingerprint density at radius 2 is 1.86 bits per heavy atom. The van der Waals surface area contributed by atoms with Gasteiger partial charge < -0.3 is 10.4 Å². The van der Waals surface area contributed by atoms with Gasteiger partial charge in [-0.15, -0.1) is 0 Å². The lowest BCUT2D eigenvalue weighted by Gasteiger charge is -2.29. The summed E-state index contributed by atoms with van der Waals surface area (Å²) in [4.78, 5) is 7.67. The summed E-state index contributed by atoms with van der Waals surface area (Å²) in [5.74, 6) is -0.152. The molecule has 0 aromatic carbocycles. The van der Waals surface area contributed by atoms with Crippen LogP contribution < -0.4 is 5.32 Å². The Balaban J connectivity index is 1.72. The molecule has 1 atom stereocenters. The van der Waals surface area contributed by atoms with E-state index in [4.69, 9.17) is 0 Å². The van der Waals surface area contributed by atoms with Crippen molar-refractivity contribution >= 4 is 0 Å². The topological polar surface area (TPSA) is 58.0 Å². The third kappa shape index (κ3) is 5.05. The van der Waals surface area contributed by atoms with Crippen molar-refractivity contribution in [2.45, 2.75) is 50.9 Å². The van der Waals surface area contributed by atoms with Crippen LogP contribution >= 0.6 is 0 Å². The van der Waals surface area contributed by atoms with Gasteiger partial charge in [-0.2, -0.15) is 13.2 Å². The third-order valence-corrected chi connectivity index (χ3v) is 5.22. The summed E-state index contributed by atoms with van der Waals surface area (Å²) >= 11 is 0. The molecule has 1 fully saturated rings. The lowest BCUT2D eigenvalue weighted by atomic mass is 9.84. The van der Waals surface area contributed by atoms with E-state index in [9.17, 15) is 22.7 Å². The van der Waals surface area contributed by atoms with Crippen molar-refractivity contribution < 1.29 is 22.7 Å². The van der Waals surface area contributed by atoms with Crippen LogP contribution in [0.25, 0.3) is 11.3 Å². The Morgan fingerprint density at radius 3 is 2.46 bits per heavy atom. The van der Waals surface area contributed by atoms with Crippen LogP contribution in [0.4, 0.5) is 17.6 Å². The minimum absolute atomic E-state index is 0.0329. The van der Waals surface area contributed by atoms with Crippen molar-refractivity contribution in [1.82, 2.24) is 15.3 Å². The van der Waals surface area contributed by atoms with Gasteiger partial charge in [0.25, 0.3) is 0 Å². The number of hydrogen-bond donors (Lipinski definition) is 2. The third-order valence-electron chi connectivity index (χ3n) is 5.22. The predicted octanol–water partition coefficient (Wildman–Crippen LogP) is 4.33. The van der Waals surface area contributed by atoms with Gasteiger partial charge in [-0.05, 0) is 43.0 Å². The molecular weight excluding hydrogens is 374 g/mol. The highest BCUT2D eigenvalue weighted by molar-refractivity contribution is 5.58. The van der Waals surface area contributed by atoms with Crippen LogP contribution in [0.15, 0.2) is 30.5 Å². The molecule has 1 aliphatic carbocycles. The average molecular weight is 397 g/mol. The van der Waals surface area contributed by atoms with E-state index in [1.54, 1.807) is 0 Å². The molecule has 28 heavy (non-hydrogen) atoms. The molecule has 1 saturated carbocycles. The zero-order chi connectivity index (χ0) is 20.1. The highest BCUT2D eigenvalue weighted by Gasteiger charge is 2.32. The van der Waals surface area contributed by atoms with Crippen LogP contribution in [0.2, 0.25) is 0 Å². The van der Waals surface area contributed by atoms with Crippen LogP contribution in [-0.2, 0) is 12.7 Å². The van der Waals surface area contributed by atoms with Gasteiger partial charge in [0.15, 0.2) is 0 Å². The highest BCUT2D eigenvalue weighted by Crippen LogP contribution is 2.29. The molecule has 152 valence electrons. The van der Waals surface area contributed by atoms with E-state index in [2.05, 4.69) is 15.3 Å². The second-order valence-electron chi connectivity index (χ2n) is 7.12. The van der Waals surface area contributed by atoms with Crippen molar-refractivity contribution in [2.75, 3.05) is 6.61 Å². The highest BCUT2D eigenvalue weighted by atomic mass is 19.4. The number of nitrogens with one attached hydrogen (secondary N) is 1. The molecule has 2 aromatic rings. The van der Waals surface area contributed by atoms with Gasteiger partial charge in [-0.1, -0.05) is 19.3 Å². The normalized spacial score (nSPS) is 16.9. The van der Waals surface area contributed by atoms with Crippen LogP contribution in [0.3, 0.4) is 0 Å². The smallest absolute Gasteiger partial charge is 0.395 e. The quantitative estimate of drug-likeness (QED) is 0.713. The fraction of sp³-hybridized carbons (Fsp3) is 0.500. The number of halogens is 4. The number of aliphatic hydroxyl groups is 1. The van der Waals surface area contributed by atoms with Crippen LogP contribution in [-0.4, -0.2) is 27.7 Å². The van der Waals surface area contributed by atoms with E-state index < -0.39 is 17.7 Å². The molecule has 0 amide bonds. The van der Waals surface area contributed by atoms with Crippen LogP contribution in [0, 0.1) is 11.7 Å². The van der Waals surface area contributed by atoms with Crippen LogP contribution in [0.1, 0.15) is 43.5 Å². The maximum atomic E-state index is 14.2. The molecule has 0 radical (unpaired) electrons. The Hall–Kier alpha value is -2.06. The minimum atomic E-state index is -4.51. The maximum Gasteiger partial charge on any atom is 0.433 e. The first-order chi connectivity index (χ1) is 13.4. The molecule has 2 aromatic heterocycles. The Labute approximate surface area is 161 Å². The van der Waals surface area contributed by atoms with Gasteiger partial charge in [0.1, 0.15) is 11.5 Å². The summed E-state index contributed by atoms with van der Waals surface area (Å²) in [6.07, 6.45) is 2.10. The first-order valence-electron chi connectivity index (χ1n) is 9.42. The van der Waals surface area contributed by atoms with E-state index in [1.165, 1.54) is 24.6 Å². The maximum absolute atomic E-state index is 14.2. The molecular formula is C20H23F4N3O. The monoisotopic (exact) mass is 397 g/mol. The fourth-order valence-corrected chi connectivity index (χ4v) is 3.63.